The molecule has 0 aromatic carbocycles. The molecule has 0 unspecified atom stereocenters. The van der Waals surface area contributed by atoms with Crippen molar-refractivity contribution >= 4 is 22.3 Å². The molecule has 0 N–H and O–H groups in total. The van der Waals surface area contributed by atoms with Crippen LogP contribution in [0.15, 0.2) is 0 Å². The van der Waals surface area contributed by atoms with Crippen LogP contribution in [-0.4, -0.2) is 44.4 Å². The van der Waals surface area contributed by atoms with Crippen molar-refractivity contribution in [2.75, 3.05) is 38.3 Å². The zero-order chi connectivity index (χ0) is 12.5. The molecule has 0 amide bonds. The molecule has 18 heavy (non-hydrogen) atoms. The Hall–Kier alpha value is -1.14. The third kappa shape index (κ3) is 2.22. The molecule has 6 heteroatoms. The molecule has 0 atom stereocenters. The zero-order valence-corrected chi connectivity index (χ0v) is 11.2. The Labute approximate surface area is 110 Å². The SMILES string of the molecule is COC(=O)c1nc(C2CC2)sc1N1CCOCC1. The van der Waals surface area contributed by atoms with Gasteiger partial charge in [0.05, 0.1) is 25.3 Å². The number of nitrogens with zero attached hydrogens (tertiary/aromatic N) is 2. The lowest BCUT2D eigenvalue weighted by atomic mass is 10.3. The number of esters is 1. The number of thiazole rings is 1. The van der Waals surface area contributed by atoms with Gasteiger partial charge >= 0.3 is 5.97 Å². The Morgan fingerprint density at radius 1 is 1.44 bits per heavy atom. The maximum atomic E-state index is 11.8. The highest BCUT2D eigenvalue weighted by molar-refractivity contribution is 7.16. The molecule has 2 heterocycles. The number of methoxy groups -OCH3 is 1. The van der Waals surface area contributed by atoms with Crippen LogP contribution >= 0.6 is 11.3 Å². The minimum absolute atomic E-state index is 0.334. The number of morpholine rings is 1. The van der Waals surface area contributed by atoms with Gasteiger partial charge in [-0.25, -0.2) is 9.78 Å². The number of aromatic nitrogens is 1. The van der Waals surface area contributed by atoms with E-state index in [1.807, 2.05) is 0 Å². The molecule has 1 aliphatic heterocycles. The fraction of sp³-hybridized carbons (Fsp3) is 0.667. The van der Waals surface area contributed by atoms with Gasteiger partial charge in [0.15, 0.2) is 5.69 Å². The Morgan fingerprint density at radius 2 is 2.17 bits per heavy atom. The van der Waals surface area contributed by atoms with Gasteiger partial charge in [-0.2, -0.15) is 0 Å². The minimum atomic E-state index is -0.334. The Kier molecular flexibility index (Phi) is 3.22. The van der Waals surface area contributed by atoms with Crippen molar-refractivity contribution < 1.29 is 14.3 Å². The van der Waals surface area contributed by atoms with Crippen LogP contribution in [0.3, 0.4) is 0 Å². The van der Waals surface area contributed by atoms with Crippen molar-refractivity contribution in [3.05, 3.63) is 10.7 Å². The summed E-state index contributed by atoms with van der Waals surface area (Å²) in [5.41, 5.74) is 0.478. The quantitative estimate of drug-likeness (QED) is 0.780. The van der Waals surface area contributed by atoms with Crippen molar-refractivity contribution in [3.63, 3.8) is 0 Å². The fourth-order valence-corrected chi connectivity index (χ4v) is 3.32. The molecule has 98 valence electrons. The molecule has 1 aliphatic carbocycles. The van der Waals surface area contributed by atoms with Gasteiger partial charge in [0, 0.05) is 19.0 Å². The van der Waals surface area contributed by atoms with Gasteiger partial charge in [-0.1, -0.05) is 0 Å². The van der Waals surface area contributed by atoms with Gasteiger partial charge in [-0.15, -0.1) is 11.3 Å². The highest BCUT2D eigenvalue weighted by Crippen LogP contribution is 2.45. The molecular weight excluding hydrogens is 252 g/mol. The van der Waals surface area contributed by atoms with E-state index in [2.05, 4.69) is 9.88 Å². The van der Waals surface area contributed by atoms with Crippen LogP contribution in [0.25, 0.3) is 0 Å². The summed E-state index contributed by atoms with van der Waals surface area (Å²) < 4.78 is 10.2. The van der Waals surface area contributed by atoms with Crippen LogP contribution in [0.1, 0.15) is 34.3 Å². The van der Waals surface area contributed by atoms with E-state index in [0.717, 1.165) is 23.1 Å². The van der Waals surface area contributed by atoms with Gasteiger partial charge in [-0.05, 0) is 12.8 Å². The number of hydrogen-bond donors (Lipinski definition) is 0. The second-order valence-electron chi connectivity index (χ2n) is 4.57. The molecule has 5 nitrogen and oxygen atoms in total. The molecule has 1 aromatic rings. The first-order valence-corrected chi connectivity index (χ1v) is 7.03. The maximum absolute atomic E-state index is 11.8. The first kappa shape index (κ1) is 11.9. The molecule has 0 bridgehead atoms. The summed E-state index contributed by atoms with van der Waals surface area (Å²) in [4.78, 5) is 18.5. The highest BCUT2D eigenvalue weighted by atomic mass is 32.1. The maximum Gasteiger partial charge on any atom is 0.359 e. The molecule has 2 aliphatic rings. The topological polar surface area (TPSA) is 51.7 Å². The first-order chi connectivity index (χ1) is 8.79. The van der Waals surface area contributed by atoms with Crippen LogP contribution in [-0.2, 0) is 9.47 Å². The van der Waals surface area contributed by atoms with E-state index < -0.39 is 0 Å². The number of anilines is 1. The molecule has 2 fully saturated rings. The predicted molar refractivity (Wildman–Crippen MR) is 68.5 cm³/mol. The van der Waals surface area contributed by atoms with Crippen LogP contribution < -0.4 is 4.90 Å². The van der Waals surface area contributed by atoms with Crippen LogP contribution in [0.4, 0.5) is 5.00 Å². The van der Waals surface area contributed by atoms with Crippen molar-refractivity contribution in [2.24, 2.45) is 0 Å². The zero-order valence-electron chi connectivity index (χ0n) is 10.3. The van der Waals surface area contributed by atoms with E-state index in [0.29, 0.717) is 24.8 Å². The summed E-state index contributed by atoms with van der Waals surface area (Å²) >= 11 is 1.64. The van der Waals surface area contributed by atoms with Gasteiger partial charge in [0.1, 0.15) is 5.00 Å². The predicted octanol–water partition coefficient (Wildman–Crippen LogP) is 1.64. The lowest BCUT2D eigenvalue weighted by molar-refractivity contribution is 0.0594. The van der Waals surface area contributed by atoms with Crippen molar-refractivity contribution in [1.29, 1.82) is 0 Å². The molecule has 1 aromatic heterocycles. The average molecular weight is 268 g/mol. The van der Waals surface area contributed by atoms with Gasteiger partial charge in [0.25, 0.3) is 0 Å². The monoisotopic (exact) mass is 268 g/mol. The van der Waals surface area contributed by atoms with Crippen LogP contribution in [0.5, 0.6) is 0 Å². The van der Waals surface area contributed by atoms with Crippen LogP contribution in [0.2, 0.25) is 0 Å². The number of hydrogen-bond acceptors (Lipinski definition) is 6. The number of carbonyl (C=O) groups is 1. The highest BCUT2D eigenvalue weighted by Gasteiger charge is 2.32. The summed E-state index contributed by atoms with van der Waals surface area (Å²) in [6, 6.07) is 0. The van der Waals surface area contributed by atoms with Crippen molar-refractivity contribution in [1.82, 2.24) is 4.98 Å². The largest absolute Gasteiger partial charge is 0.464 e. The Morgan fingerprint density at radius 3 is 2.78 bits per heavy atom. The lowest BCUT2D eigenvalue weighted by Crippen LogP contribution is -2.36. The number of rotatable bonds is 3. The summed E-state index contributed by atoms with van der Waals surface area (Å²) in [6.45, 7) is 3.04. The number of ether oxygens (including phenoxy) is 2. The lowest BCUT2D eigenvalue weighted by Gasteiger charge is -2.27. The van der Waals surface area contributed by atoms with Crippen molar-refractivity contribution in [2.45, 2.75) is 18.8 Å². The van der Waals surface area contributed by atoms with E-state index in [1.165, 1.54) is 20.0 Å². The third-order valence-corrected chi connectivity index (χ3v) is 4.51. The van der Waals surface area contributed by atoms with E-state index in [-0.39, 0.29) is 5.97 Å². The molecule has 1 saturated carbocycles. The average Bonchev–Trinajstić information content (AvgIpc) is 3.18. The van der Waals surface area contributed by atoms with E-state index in [1.54, 1.807) is 11.3 Å². The van der Waals surface area contributed by atoms with Crippen molar-refractivity contribution in [3.8, 4) is 0 Å². The first-order valence-electron chi connectivity index (χ1n) is 6.21. The molecular formula is C12H16N2O3S. The van der Waals surface area contributed by atoms with E-state index in [4.69, 9.17) is 9.47 Å². The second kappa shape index (κ2) is 4.85. The Balaban J connectivity index is 1.91. The smallest absolute Gasteiger partial charge is 0.359 e. The molecule has 1 saturated heterocycles. The fourth-order valence-electron chi connectivity index (χ4n) is 2.04. The normalized spacial score (nSPS) is 19.9. The van der Waals surface area contributed by atoms with E-state index >= 15 is 0 Å². The molecule has 0 spiro atoms. The Bertz CT molecular complexity index is 450. The van der Waals surface area contributed by atoms with E-state index in [9.17, 15) is 4.79 Å². The third-order valence-electron chi connectivity index (χ3n) is 3.23. The minimum Gasteiger partial charge on any atom is -0.464 e. The number of carbonyl (C=O) groups excluding carboxylic acids is 1. The van der Waals surface area contributed by atoms with Gasteiger partial charge < -0.3 is 14.4 Å². The second-order valence-corrected chi connectivity index (χ2v) is 5.58. The molecule has 3 rings (SSSR count). The standard InChI is InChI=1S/C12H16N2O3S/c1-16-12(15)9-11(14-4-6-17-7-5-14)18-10(13-9)8-2-3-8/h8H,2-7H2,1H3. The van der Waals surface area contributed by atoms with Crippen LogP contribution in [0, 0.1) is 0 Å². The summed E-state index contributed by atoms with van der Waals surface area (Å²) in [5, 5.41) is 2.03. The summed E-state index contributed by atoms with van der Waals surface area (Å²) in [6.07, 6.45) is 2.38. The summed E-state index contributed by atoms with van der Waals surface area (Å²) in [5.74, 6) is 0.229. The van der Waals surface area contributed by atoms with Gasteiger partial charge in [-0.3, -0.25) is 0 Å². The molecule has 0 radical (unpaired) electrons. The van der Waals surface area contributed by atoms with Gasteiger partial charge in [0.2, 0.25) is 0 Å². The summed E-state index contributed by atoms with van der Waals surface area (Å²) in [7, 11) is 1.40.